The van der Waals surface area contributed by atoms with Crippen LogP contribution >= 0.6 is 11.6 Å². The minimum absolute atomic E-state index is 0.0778. The predicted molar refractivity (Wildman–Crippen MR) is 77.4 cm³/mol. The van der Waals surface area contributed by atoms with Crippen LogP contribution in [0.2, 0.25) is 5.15 Å². The van der Waals surface area contributed by atoms with E-state index in [-0.39, 0.29) is 10.8 Å². The van der Waals surface area contributed by atoms with Gasteiger partial charge in [-0.3, -0.25) is 9.89 Å². The number of nitrogens with zero attached hydrogens (tertiary/aromatic N) is 3. The number of H-pyrrole nitrogens is 1. The summed E-state index contributed by atoms with van der Waals surface area (Å²) < 4.78 is 40.2. The van der Waals surface area contributed by atoms with Crippen LogP contribution < -0.4 is 5.43 Å². The first kappa shape index (κ1) is 15.3. The second kappa shape index (κ2) is 5.54. The third kappa shape index (κ3) is 2.98. The molecule has 118 valence electrons. The standard InChI is InChI=1S/C14H8ClF3N4O/c15-12-7-10(23)13(20-19-12)22-11(14(16,17)18)6-9(21-22)8-4-2-1-3-5-8/h1-7H,(H,19,23). The molecule has 23 heavy (non-hydrogen) atoms. The molecular weight excluding hydrogens is 333 g/mol. The third-order valence-corrected chi connectivity index (χ3v) is 3.21. The summed E-state index contributed by atoms with van der Waals surface area (Å²) in [4.78, 5) is 11.9. The Balaban J connectivity index is 2.23. The highest BCUT2D eigenvalue weighted by Crippen LogP contribution is 2.33. The lowest BCUT2D eigenvalue weighted by molar-refractivity contribution is -0.142. The van der Waals surface area contributed by atoms with Crippen molar-refractivity contribution in [3.63, 3.8) is 0 Å². The van der Waals surface area contributed by atoms with Crippen LogP contribution in [0.5, 0.6) is 0 Å². The molecule has 0 amide bonds. The van der Waals surface area contributed by atoms with Crippen LogP contribution in [0, 0.1) is 0 Å². The van der Waals surface area contributed by atoms with Crippen molar-refractivity contribution >= 4 is 11.6 Å². The monoisotopic (exact) mass is 340 g/mol. The molecule has 1 N–H and O–H groups in total. The maximum atomic E-state index is 13.2. The molecule has 0 atom stereocenters. The number of aromatic amines is 1. The largest absolute Gasteiger partial charge is 0.433 e. The molecule has 2 aromatic heterocycles. The summed E-state index contributed by atoms with van der Waals surface area (Å²) in [5.41, 5.74) is -1.31. The summed E-state index contributed by atoms with van der Waals surface area (Å²) in [7, 11) is 0. The molecule has 0 unspecified atom stereocenters. The van der Waals surface area contributed by atoms with Gasteiger partial charge in [0.05, 0.1) is 5.69 Å². The summed E-state index contributed by atoms with van der Waals surface area (Å²) in [6.07, 6.45) is -4.70. The van der Waals surface area contributed by atoms with E-state index in [9.17, 15) is 18.0 Å². The van der Waals surface area contributed by atoms with E-state index in [4.69, 9.17) is 11.6 Å². The molecule has 3 aromatic rings. The fourth-order valence-electron chi connectivity index (χ4n) is 2.02. The van der Waals surface area contributed by atoms with Gasteiger partial charge < -0.3 is 0 Å². The van der Waals surface area contributed by atoms with Crippen molar-refractivity contribution in [2.24, 2.45) is 0 Å². The van der Waals surface area contributed by atoms with E-state index in [0.29, 0.717) is 10.2 Å². The highest BCUT2D eigenvalue weighted by molar-refractivity contribution is 6.29. The van der Waals surface area contributed by atoms with Gasteiger partial charge in [-0.15, -0.1) is 0 Å². The number of nitrogens with one attached hydrogen (secondary N) is 1. The minimum Gasteiger partial charge on any atom is -0.286 e. The fraction of sp³-hybridized carbons (Fsp3) is 0.0714. The first-order valence-corrected chi connectivity index (χ1v) is 6.72. The van der Waals surface area contributed by atoms with Gasteiger partial charge in [0.2, 0.25) is 11.2 Å². The third-order valence-electron chi connectivity index (χ3n) is 3.02. The average Bonchev–Trinajstić information content (AvgIpc) is 2.93. The van der Waals surface area contributed by atoms with Gasteiger partial charge in [0.15, 0.2) is 5.69 Å². The predicted octanol–water partition coefficient (Wildman–Crippen LogP) is 3.29. The second-order valence-corrected chi connectivity index (χ2v) is 5.00. The molecule has 0 bridgehead atoms. The number of benzene rings is 1. The van der Waals surface area contributed by atoms with E-state index in [1.54, 1.807) is 30.3 Å². The topological polar surface area (TPSA) is 63.6 Å². The number of hydrogen-bond donors (Lipinski definition) is 1. The summed E-state index contributed by atoms with van der Waals surface area (Å²) in [5.74, 6) is -0.510. The zero-order chi connectivity index (χ0) is 16.6. The lowest BCUT2D eigenvalue weighted by Crippen LogP contribution is -2.21. The van der Waals surface area contributed by atoms with Crippen LogP contribution in [0.1, 0.15) is 5.69 Å². The Bertz CT molecular complexity index is 902. The van der Waals surface area contributed by atoms with Crippen LogP contribution in [-0.2, 0) is 6.18 Å². The lowest BCUT2D eigenvalue weighted by Gasteiger charge is -2.08. The van der Waals surface area contributed by atoms with Gasteiger partial charge in [0.1, 0.15) is 5.15 Å². The van der Waals surface area contributed by atoms with Crippen LogP contribution in [0.4, 0.5) is 13.2 Å². The zero-order valence-electron chi connectivity index (χ0n) is 11.3. The van der Waals surface area contributed by atoms with Gasteiger partial charge in [-0.2, -0.15) is 23.4 Å². The number of alkyl halides is 3. The first-order chi connectivity index (χ1) is 10.9. The highest BCUT2D eigenvalue weighted by Gasteiger charge is 2.37. The van der Waals surface area contributed by atoms with Crippen LogP contribution in [0.3, 0.4) is 0 Å². The Morgan fingerprint density at radius 1 is 1.13 bits per heavy atom. The molecule has 0 spiro atoms. The number of aromatic nitrogens is 4. The smallest absolute Gasteiger partial charge is 0.286 e. The molecule has 5 nitrogen and oxygen atoms in total. The average molecular weight is 341 g/mol. The van der Waals surface area contributed by atoms with E-state index < -0.39 is 23.1 Å². The van der Waals surface area contributed by atoms with Crippen molar-refractivity contribution in [1.82, 2.24) is 20.0 Å². The first-order valence-electron chi connectivity index (χ1n) is 6.34. The number of hydrogen-bond acceptors (Lipinski definition) is 3. The van der Waals surface area contributed by atoms with Crippen molar-refractivity contribution in [1.29, 1.82) is 0 Å². The van der Waals surface area contributed by atoms with Crippen molar-refractivity contribution in [3.05, 3.63) is 63.5 Å². The van der Waals surface area contributed by atoms with Gasteiger partial charge in [-0.25, -0.2) is 4.68 Å². The zero-order valence-corrected chi connectivity index (χ0v) is 12.1. The summed E-state index contributed by atoms with van der Waals surface area (Å²) in [6.45, 7) is 0. The quantitative estimate of drug-likeness (QED) is 0.778. The van der Waals surface area contributed by atoms with Crippen molar-refractivity contribution in [3.8, 4) is 17.1 Å². The molecule has 0 saturated carbocycles. The molecule has 0 saturated heterocycles. The molecule has 0 aliphatic carbocycles. The van der Waals surface area contributed by atoms with Crippen LogP contribution in [0.25, 0.3) is 17.1 Å². The molecule has 9 heteroatoms. The van der Waals surface area contributed by atoms with Gasteiger partial charge in [-0.05, 0) is 6.07 Å². The molecule has 0 aliphatic rings. The van der Waals surface area contributed by atoms with Crippen molar-refractivity contribution < 1.29 is 13.2 Å². The lowest BCUT2D eigenvalue weighted by atomic mass is 10.1. The van der Waals surface area contributed by atoms with E-state index in [0.717, 1.165) is 12.1 Å². The van der Waals surface area contributed by atoms with Gasteiger partial charge in [0, 0.05) is 11.6 Å². The van der Waals surface area contributed by atoms with Gasteiger partial charge >= 0.3 is 6.18 Å². The van der Waals surface area contributed by atoms with Gasteiger partial charge in [0.25, 0.3) is 0 Å². The molecule has 2 heterocycles. The summed E-state index contributed by atoms with van der Waals surface area (Å²) >= 11 is 5.57. The summed E-state index contributed by atoms with van der Waals surface area (Å²) in [6, 6.07) is 10.1. The van der Waals surface area contributed by atoms with E-state index in [2.05, 4.69) is 15.3 Å². The number of halogens is 4. The maximum absolute atomic E-state index is 13.2. The van der Waals surface area contributed by atoms with Crippen molar-refractivity contribution in [2.75, 3.05) is 0 Å². The van der Waals surface area contributed by atoms with Gasteiger partial charge in [-0.1, -0.05) is 41.9 Å². The Kier molecular flexibility index (Phi) is 3.69. The van der Waals surface area contributed by atoms with Crippen LogP contribution in [-0.4, -0.2) is 20.0 Å². The molecular formula is C14H8ClF3N4O. The SMILES string of the molecule is O=c1cc(Cl)[nH]nc1-n1nc(-c2ccccc2)cc1C(F)(F)F. The van der Waals surface area contributed by atoms with Crippen molar-refractivity contribution in [2.45, 2.75) is 6.18 Å². The van der Waals surface area contributed by atoms with E-state index in [1.807, 2.05) is 0 Å². The second-order valence-electron chi connectivity index (χ2n) is 4.59. The van der Waals surface area contributed by atoms with E-state index >= 15 is 0 Å². The Hall–Kier alpha value is -2.61. The molecule has 3 rings (SSSR count). The number of rotatable bonds is 2. The molecule has 0 radical (unpaired) electrons. The molecule has 0 fully saturated rings. The molecule has 0 aliphatic heterocycles. The Morgan fingerprint density at radius 2 is 1.83 bits per heavy atom. The Labute approximate surface area is 132 Å². The summed E-state index contributed by atoms with van der Waals surface area (Å²) in [5, 5.41) is 9.61. The van der Waals surface area contributed by atoms with E-state index in [1.165, 1.54) is 0 Å². The Morgan fingerprint density at radius 3 is 2.43 bits per heavy atom. The van der Waals surface area contributed by atoms with Crippen LogP contribution in [0.15, 0.2) is 47.3 Å². The normalized spacial score (nSPS) is 11.7. The maximum Gasteiger partial charge on any atom is 0.433 e. The highest BCUT2D eigenvalue weighted by atomic mass is 35.5. The fourth-order valence-corrected chi connectivity index (χ4v) is 2.16. The minimum atomic E-state index is -4.70. The molecule has 1 aromatic carbocycles.